The SMILES string of the molecule is CCc1cc(=O)n2[nH]c(C3CCCCN3Cc3cccc(OC)c3OC)cc2n1. The highest BCUT2D eigenvalue weighted by molar-refractivity contribution is 5.47. The molecule has 0 bridgehead atoms. The summed E-state index contributed by atoms with van der Waals surface area (Å²) in [6, 6.07) is 9.81. The van der Waals surface area contributed by atoms with Crippen LogP contribution in [0.5, 0.6) is 11.5 Å². The van der Waals surface area contributed by atoms with Crippen LogP contribution in [0.4, 0.5) is 0 Å². The quantitative estimate of drug-likeness (QED) is 0.692. The van der Waals surface area contributed by atoms with Gasteiger partial charge < -0.3 is 9.47 Å². The van der Waals surface area contributed by atoms with Gasteiger partial charge in [0, 0.05) is 29.9 Å². The van der Waals surface area contributed by atoms with Crippen molar-refractivity contribution in [2.45, 2.75) is 45.2 Å². The van der Waals surface area contributed by atoms with Crippen LogP contribution in [-0.4, -0.2) is 40.3 Å². The Hall–Kier alpha value is -2.80. The van der Waals surface area contributed by atoms with Crippen molar-refractivity contribution in [1.82, 2.24) is 19.5 Å². The molecule has 0 amide bonds. The van der Waals surface area contributed by atoms with Gasteiger partial charge in [-0.25, -0.2) is 9.50 Å². The van der Waals surface area contributed by atoms with Gasteiger partial charge in [-0.15, -0.1) is 0 Å². The van der Waals surface area contributed by atoms with Gasteiger partial charge in [0.05, 0.1) is 26.0 Å². The van der Waals surface area contributed by atoms with E-state index in [0.717, 1.165) is 67.2 Å². The maximum absolute atomic E-state index is 12.4. The number of ether oxygens (including phenoxy) is 2. The lowest BCUT2D eigenvalue weighted by atomic mass is 9.98. The fraction of sp³-hybridized carbons (Fsp3) is 0.455. The van der Waals surface area contributed by atoms with E-state index in [9.17, 15) is 4.79 Å². The van der Waals surface area contributed by atoms with E-state index < -0.39 is 0 Å². The lowest BCUT2D eigenvalue weighted by molar-refractivity contribution is 0.135. The predicted octanol–water partition coefficient (Wildman–Crippen LogP) is 3.33. The van der Waals surface area contributed by atoms with Gasteiger partial charge >= 0.3 is 0 Å². The highest BCUT2D eigenvalue weighted by Gasteiger charge is 2.27. The summed E-state index contributed by atoms with van der Waals surface area (Å²) in [4.78, 5) is 19.5. The van der Waals surface area contributed by atoms with Gasteiger partial charge in [-0.3, -0.25) is 14.8 Å². The van der Waals surface area contributed by atoms with Crippen LogP contribution in [0.2, 0.25) is 0 Å². The number of aryl methyl sites for hydroxylation is 1. The molecule has 3 heterocycles. The van der Waals surface area contributed by atoms with E-state index in [1.54, 1.807) is 24.8 Å². The van der Waals surface area contributed by atoms with E-state index in [1.807, 2.05) is 25.1 Å². The van der Waals surface area contributed by atoms with Crippen molar-refractivity contribution in [3.63, 3.8) is 0 Å². The number of nitrogens with one attached hydrogen (secondary N) is 1. The number of hydrogen-bond acceptors (Lipinski definition) is 5. The van der Waals surface area contributed by atoms with E-state index in [4.69, 9.17) is 9.47 Å². The van der Waals surface area contributed by atoms with E-state index in [-0.39, 0.29) is 11.6 Å². The molecule has 1 aromatic carbocycles. The molecule has 1 atom stereocenters. The minimum Gasteiger partial charge on any atom is -0.493 e. The molecule has 0 aliphatic carbocycles. The van der Waals surface area contributed by atoms with Gasteiger partial charge in [-0.1, -0.05) is 25.5 Å². The van der Waals surface area contributed by atoms with E-state index in [1.165, 1.54) is 0 Å². The lowest BCUT2D eigenvalue weighted by Gasteiger charge is -2.35. The number of rotatable bonds is 6. The number of H-pyrrole nitrogens is 1. The topological polar surface area (TPSA) is 71.9 Å². The monoisotopic (exact) mass is 396 g/mol. The fourth-order valence-electron chi connectivity index (χ4n) is 4.24. The average molecular weight is 396 g/mol. The van der Waals surface area contributed by atoms with Crippen LogP contribution < -0.4 is 15.0 Å². The molecule has 0 spiro atoms. The highest BCUT2D eigenvalue weighted by atomic mass is 16.5. The molecule has 4 rings (SSSR count). The summed E-state index contributed by atoms with van der Waals surface area (Å²) < 4.78 is 12.6. The molecule has 154 valence electrons. The standard InChI is InChI=1S/C22H28N4O3/c1-4-16-12-21(27)26-20(23-16)13-17(24-26)18-9-5-6-11-25(18)14-15-8-7-10-19(28-2)22(15)29-3/h7-8,10,12-13,18,24H,4-6,9,11,14H2,1-3H3. The Morgan fingerprint density at radius 1 is 1.21 bits per heavy atom. The van der Waals surface area contributed by atoms with Gasteiger partial charge in [-0.2, -0.15) is 0 Å². The summed E-state index contributed by atoms with van der Waals surface area (Å²) in [5.74, 6) is 1.52. The van der Waals surface area contributed by atoms with Crippen molar-refractivity contribution in [2.24, 2.45) is 0 Å². The zero-order chi connectivity index (χ0) is 20.4. The van der Waals surface area contributed by atoms with Crippen LogP contribution in [0.3, 0.4) is 0 Å². The Morgan fingerprint density at radius 3 is 2.83 bits per heavy atom. The third kappa shape index (κ3) is 3.74. The van der Waals surface area contributed by atoms with Crippen molar-refractivity contribution >= 4 is 5.65 Å². The first-order valence-electron chi connectivity index (χ1n) is 10.2. The molecule has 29 heavy (non-hydrogen) atoms. The average Bonchev–Trinajstić information content (AvgIpc) is 3.18. The molecule has 1 saturated heterocycles. The molecule has 1 N–H and O–H groups in total. The van der Waals surface area contributed by atoms with Crippen LogP contribution in [-0.2, 0) is 13.0 Å². The zero-order valence-electron chi connectivity index (χ0n) is 17.3. The normalized spacial score (nSPS) is 17.6. The first-order chi connectivity index (χ1) is 14.1. The fourth-order valence-corrected chi connectivity index (χ4v) is 4.24. The van der Waals surface area contributed by atoms with Crippen molar-refractivity contribution in [1.29, 1.82) is 0 Å². The maximum atomic E-state index is 12.4. The number of aromatic amines is 1. The van der Waals surface area contributed by atoms with Crippen LogP contribution in [0.25, 0.3) is 5.65 Å². The minimum absolute atomic E-state index is 0.0603. The number of likely N-dealkylation sites (tertiary alicyclic amines) is 1. The Labute approximate surface area is 170 Å². The van der Waals surface area contributed by atoms with Crippen LogP contribution >= 0.6 is 0 Å². The molecule has 7 nitrogen and oxygen atoms in total. The number of benzene rings is 1. The molecule has 1 unspecified atom stereocenters. The summed E-state index contributed by atoms with van der Waals surface area (Å²) >= 11 is 0. The molecule has 1 aliphatic rings. The summed E-state index contributed by atoms with van der Waals surface area (Å²) in [6.45, 7) is 3.75. The summed E-state index contributed by atoms with van der Waals surface area (Å²) in [5.41, 5.74) is 3.58. The molecule has 0 radical (unpaired) electrons. The molecule has 2 aromatic heterocycles. The summed E-state index contributed by atoms with van der Waals surface area (Å²) in [5, 5.41) is 3.30. The smallest absolute Gasteiger partial charge is 0.272 e. The molecule has 7 heteroatoms. The maximum Gasteiger partial charge on any atom is 0.272 e. The Morgan fingerprint density at radius 2 is 2.07 bits per heavy atom. The van der Waals surface area contributed by atoms with Gasteiger partial charge in [0.2, 0.25) is 0 Å². The van der Waals surface area contributed by atoms with Crippen LogP contribution in [0.1, 0.15) is 49.2 Å². The molecular weight excluding hydrogens is 368 g/mol. The summed E-state index contributed by atoms with van der Waals surface area (Å²) in [7, 11) is 3.33. The van der Waals surface area contributed by atoms with Gasteiger partial charge in [0.1, 0.15) is 0 Å². The number of piperidine rings is 1. The van der Waals surface area contributed by atoms with Crippen molar-refractivity contribution in [2.75, 3.05) is 20.8 Å². The Kier molecular flexibility index (Phi) is 5.58. The second-order valence-electron chi connectivity index (χ2n) is 7.48. The number of aromatic nitrogens is 3. The minimum atomic E-state index is -0.0603. The van der Waals surface area contributed by atoms with Crippen LogP contribution in [0.15, 0.2) is 35.1 Å². The van der Waals surface area contributed by atoms with Crippen molar-refractivity contribution in [3.05, 3.63) is 57.6 Å². The molecule has 1 fully saturated rings. The third-order valence-corrected chi connectivity index (χ3v) is 5.72. The number of methoxy groups -OCH3 is 2. The van der Waals surface area contributed by atoms with E-state index >= 15 is 0 Å². The number of hydrogen-bond donors (Lipinski definition) is 1. The van der Waals surface area contributed by atoms with E-state index in [2.05, 4.69) is 21.0 Å². The van der Waals surface area contributed by atoms with E-state index in [0.29, 0.717) is 5.65 Å². The number of para-hydroxylation sites is 1. The lowest BCUT2D eigenvalue weighted by Crippen LogP contribution is -2.33. The summed E-state index contributed by atoms with van der Waals surface area (Å²) in [6.07, 6.45) is 4.10. The Bertz CT molecular complexity index is 1060. The van der Waals surface area contributed by atoms with Crippen LogP contribution in [0, 0.1) is 0 Å². The van der Waals surface area contributed by atoms with Gasteiger partial charge in [-0.05, 0) is 31.9 Å². The van der Waals surface area contributed by atoms with Gasteiger partial charge in [0.15, 0.2) is 17.1 Å². The van der Waals surface area contributed by atoms with Gasteiger partial charge in [0.25, 0.3) is 5.56 Å². The Balaban J connectivity index is 1.68. The van der Waals surface area contributed by atoms with Crippen molar-refractivity contribution < 1.29 is 9.47 Å². The largest absolute Gasteiger partial charge is 0.493 e. The molecular formula is C22H28N4O3. The van der Waals surface area contributed by atoms with Crippen molar-refractivity contribution in [3.8, 4) is 11.5 Å². The zero-order valence-corrected chi connectivity index (χ0v) is 17.3. The first kappa shape index (κ1) is 19.5. The third-order valence-electron chi connectivity index (χ3n) is 5.72. The highest BCUT2D eigenvalue weighted by Crippen LogP contribution is 2.36. The molecule has 0 saturated carbocycles. The molecule has 1 aliphatic heterocycles. The number of fused-ring (bicyclic) bond motifs is 1. The predicted molar refractivity (Wildman–Crippen MR) is 112 cm³/mol. The second kappa shape index (κ2) is 8.29. The second-order valence-corrected chi connectivity index (χ2v) is 7.48. The first-order valence-corrected chi connectivity index (χ1v) is 10.2. The number of nitrogens with zero attached hydrogens (tertiary/aromatic N) is 3. The molecule has 3 aromatic rings.